The molecular formula is C37H46O14. The number of carbonyl (C=O) groups is 6. The maximum atomic E-state index is 13.6. The van der Waals surface area contributed by atoms with Crippen molar-refractivity contribution in [1.29, 1.82) is 0 Å². The van der Waals surface area contributed by atoms with Gasteiger partial charge in [0.15, 0.2) is 12.2 Å². The Balaban J connectivity index is 1.94. The number of allylic oxidation sites excluding steroid dienone is 1. The van der Waals surface area contributed by atoms with E-state index in [0.717, 1.165) is 13.8 Å². The van der Waals surface area contributed by atoms with Crippen LogP contribution in [0, 0.1) is 11.3 Å². The van der Waals surface area contributed by atoms with Crippen LogP contribution in [0.15, 0.2) is 48.1 Å². The molecule has 2 aliphatic carbocycles. The van der Waals surface area contributed by atoms with Gasteiger partial charge in [0.2, 0.25) is 0 Å². The van der Waals surface area contributed by atoms with Crippen LogP contribution in [-0.4, -0.2) is 95.9 Å². The van der Waals surface area contributed by atoms with Crippen LogP contribution in [0.1, 0.15) is 73.3 Å². The van der Waals surface area contributed by atoms with Crippen molar-refractivity contribution in [1.82, 2.24) is 0 Å². The van der Waals surface area contributed by atoms with Crippen molar-refractivity contribution in [2.45, 2.75) is 103 Å². The molecule has 1 heterocycles. The predicted molar refractivity (Wildman–Crippen MR) is 177 cm³/mol. The van der Waals surface area contributed by atoms with E-state index >= 15 is 0 Å². The maximum absolute atomic E-state index is 13.6. The maximum Gasteiger partial charge on any atom is 0.344 e. The molecule has 0 aromatic heterocycles. The number of hydrogen-bond donors (Lipinski definition) is 1. The molecule has 14 nitrogen and oxygen atoms in total. The molecular weight excluding hydrogens is 668 g/mol. The first kappa shape index (κ1) is 39.2. The van der Waals surface area contributed by atoms with Gasteiger partial charge in [-0.3, -0.25) is 14.4 Å². The summed E-state index contributed by atoms with van der Waals surface area (Å²) in [5.74, 6) is -5.57. The van der Waals surface area contributed by atoms with Gasteiger partial charge in [0.1, 0.15) is 42.5 Å². The van der Waals surface area contributed by atoms with Crippen LogP contribution < -0.4 is 0 Å². The third-order valence-electron chi connectivity index (χ3n) is 10.1. The van der Waals surface area contributed by atoms with Crippen molar-refractivity contribution in [3.63, 3.8) is 0 Å². The van der Waals surface area contributed by atoms with Gasteiger partial charge < -0.3 is 38.3 Å². The average molecular weight is 715 g/mol. The van der Waals surface area contributed by atoms with E-state index in [2.05, 4.69) is 0 Å². The highest BCUT2D eigenvalue weighted by Gasteiger charge is 2.85. The Bertz CT molecular complexity index is 1580. The lowest BCUT2D eigenvalue weighted by molar-refractivity contribution is -0.343. The third kappa shape index (κ3) is 7.71. The highest BCUT2D eigenvalue weighted by atomic mass is 16.6. The normalized spacial score (nSPS) is 32.7. The average Bonchev–Trinajstić information content (AvgIpc) is 3.25. The summed E-state index contributed by atoms with van der Waals surface area (Å²) in [6.45, 7) is 7.95. The van der Waals surface area contributed by atoms with E-state index in [9.17, 15) is 33.9 Å². The van der Waals surface area contributed by atoms with Crippen LogP contribution >= 0.6 is 0 Å². The van der Waals surface area contributed by atoms with E-state index in [-0.39, 0.29) is 25.9 Å². The van der Waals surface area contributed by atoms with Crippen LogP contribution in [-0.2, 0) is 61.9 Å². The zero-order chi connectivity index (χ0) is 37.8. The topological polar surface area (TPSA) is 187 Å². The van der Waals surface area contributed by atoms with Gasteiger partial charge in [-0.25, -0.2) is 14.4 Å². The molecule has 3 unspecified atom stereocenters. The van der Waals surface area contributed by atoms with E-state index in [0.29, 0.717) is 11.1 Å². The Morgan fingerprint density at radius 2 is 1.53 bits per heavy atom. The summed E-state index contributed by atoms with van der Waals surface area (Å²) < 4.78 is 41.3. The van der Waals surface area contributed by atoms with Crippen molar-refractivity contribution >= 4 is 41.9 Å². The second-order valence-electron chi connectivity index (χ2n) is 13.6. The molecule has 51 heavy (non-hydrogen) atoms. The minimum absolute atomic E-state index is 0.0667. The molecule has 1 aromatic rings. The minimum Gasteiger partial charge on any atom is -0.465 e. The fourth-order valence-electron chi connectivity index (χ4n) is 7.75. The SMILES string of the molecule is C/C=C(\C)C(=O)OCC1(C)OC23[C@H](OC(C)=O)C1C[C@H](OC(=O)/C=C/c1ccccc1)[C@]2(COC(C)=O)[C@@H](OC(=O)COC(C)=O)CC[C@]3(C)O. The number of aliphatic hydroxyl groups is 1. The van der Waals surface area contributed by atoms with E-state index in [4.69, 9.17) is 33.2 Å². The van der Waals surface area contributed by atoms with Crippen LogP contribution in [0.25, 0.3) is 6.08 Å². The Labute approximate surface area is 296 Å². The van der Waals surface area contributed by atoms with Gasteiger partial charge in [0, 0.05) is 38.3 Å². The molecule has 3 fully saturated rings. The van der Waals surface area contributed by atoms with Gasteiger partial charge in [-0.05, 0) is 58.6 Å². The molecule has 1 spiro atoms. The largest absolute Gasteiger partial charge is 0.465 e. The number of ether oxygens (including phenoxy) is 7. The van der Waals surface area contributed by atoms with Crippen molar-refractivity contribution in [3.05, 3.63) is 53.6 Å². The Kier molecular flexibility index (Phi) is 11.8. The molecule has 14 heteroatoms. The first-order chi connectivity index (χ1) is 23.9. The molecule has 1 aliphatic heterocycles. The van der Waals surface area contributed by atoms with Crippen molar-refractivity contribution in [2.24, 2.45) is 11.3 Å². The second-order valence-corrected chi connectivity index (χ2v) is 13.6. The molecule has 8 atom stereocenters. The van der Waals surface area contributed by atoms with Crippen molar-refractivity contribution in [2.75, 3.05) is 19.8 Å². The summed E-state index contributed by atoms with van der Waals surface area (Å²) in [7, 11) is 0. The number of fused-ring (bicyclic) bond motifs is 1. The molecule has 1 N–H and O–H groups in total. The Hall–Kier alpha value is -4.56. The zero-order valence-electron chi connectivity index (χ0n) is 29.9. The van der Waals surface area contributed by atoms with E-state index in [1.54, 1.807) is 51.1 Å². The zero-order valence-corrected chi connectivity index (χ0v) is 29.9. The summed E-state index contributed by atoms with van der Waals surface area (Å²) in [6, 6.07) is 8.95. The monoisotopic (exact) mass is 714 g/mol. The van der Waals surface area contributed by atoms with Gasteiger partial charge in [0.25, 0.3) is 0 Å². The molecule has 2 bridgehead atoms. The number of hydrogen-bond acceptors (Lipinski definition) is 14. The summed E-state index contributed by atoms with van der Waals surface area (Å²) in [5, 5.41) is 12.5. The lowest BCUT2D eigenvalue weighted by Crippen LogP contribution is -2.81. The second kappa shape index (κ2) is 15.4. The number of esters is 6. The van der Waals surface area contributed by atoms with Crippen LogP contribution in [0.3, 0.4) is 0 Å². The summed E-state index contributed by atoms with van der Waals surface area (Å²) in [4.78, 5) is 76.5. The quantitative estimate of drug-likeness (QED) is 0.189. The van der Waals surface area contributed by atoms with Crippen molar-refractivity contribution in [3.8, 4) is 0 Å². The summed E-state index contributed by atoms with van der Waals surface area (Å²) in [6.07, 6.45) is 0.0185. The van der Waals surface area contributed by atoms with E-state index in [1.165, 1.54) is 26.0 Å². The minimum atomic E-state index is -2.11. The fourth-order valence-corrected chi connectivity index (χ4v) is 7.75. The molecule has 2 saturated carbocycles. The molecule has 4 rings (SSSR count). The Morgan fingerprint density at radius 3 is 2.14 bits per heavy atom. The van der Waals surface area contributed by atoms with Crippen LogP contribution in [0.4, 0.5) is 0 Å². The highest BCUT2D eigenvalue weighted by Crippen LogP contribution is 2.69. The van der Waals surface area contributed by atoms with Gasteiger partial charge >= 0.3 is 35.8 Å². The molecule has 1 saturated heterocycles. The summed E-state index contributed by atoms with van der Waals surface area (Å²) in [5.41, 5.74) is -6.47. The number of carbonyl (C=O) groups excluding carboxylic acids is 6. The van der Waals surface area contributed by atoms with Crippen molar-refractivity contribution < 1.29 is 67.0 Å². The smallest absolute Gasteiger partial charge is 0.344 e. The van der Waals surface area contributed by atoms with Gasteiger partial charge in [-0.2, -0.15) is 0 Å². The molecule has 278 valence electrons. The summed E-state index contributed by atoms with van der Waals surface area (Å²) >= 11 is 0. The van der Waals surface area contributed by atoms with E-state index in [1.807, 2.05) is 6.07 Å². The van der Waals surface area contributed by atoms with Gasteiger partial charge in [-0.15, -0.1) is 0 Å². The lowest BCUT2D eigenvalue weighted by atomic mass is 9.47. The number of rotatable bonds is 12. The Morgan fingerprint density at radius 1 is 0.863 bits per heavy atom. The lowest BCUT2D eigenvalue weighted by Gasteiger charge is -2.64. The highest BCUT2D eigenvalue weighted by molar-refractivity contribution is 5.88. The molecule has 0 radical (unpaired) electrons. The molecule has 3 aliphatic rings. The molecule has 1 aromatic carbocycles. The first-order valence-electron chi connectivity index (χ1n) is 16.7. The van der Waals surface area contributed by atoms with Gasteiger partial charge in [0.05, 0.1) is 5.60 Å². The van der Waals surface area contributed by atoms with Crippen LogP contribution in [0.5, 0.6) is 0 Å². The standard InChI is InChI=1S/C37H46O14/c1-8-22(2)33(43)47-20-34(6)27-18-29(50-30(41)15-14-26-12-10-9-11-13-26)36(21-46-24(4)39)28(49-31(42)19-45-23(3)38)16-17-35(7,44)37(36,51-34)32(27)48-25(5)40/h8-15,27-29,32,44H,16-21H2,1-7H3/b15-14+,22-8+/t27?,28-,29-,32+,34?,35-,36-,37?/m0/s1. The van der Waals surface area contributed by atoms with Crippen LogP contribution in [0.2, 0.25) is 0 Å². The first-order valence-corrected chi connectivity index (χ1v) is 16.7. The van der Waals surface area contributed by atoms with E-state index < -0.39 is 95.5 Å². The van der Waals surface area contributed by atoms with Gasteiger partial charge in [-0.1, -0.05) is 36.4 Å². The fraction of sp³-hybridized carbons (Fsp3) is 0.568. The number of benzene rings is 1. The predicted octanol–water partition coefficient (Wildman–Crippen LogP) is 3.17. The third-order valence-corrected chi connectivity index (χ3v) is 10.1. The molecule has 0 amide bonds.